The predicted molar refractivity (Wildman–Crippen MR) is 105 cm³/mol. The molecule has 1 aromatic carbocycles. The maximum atomic E-state index is 5.77. The second-order valence-corrected chi connectivity index (χ2v) is 7.13. The second-order valence-electron chi connectivity index (χ2n) is 7.13. The average molecular weight is 347 g/mol. The minimum Gasteiger partial charge on any atom is -0.374 e. The molecule has 5 nitrogen and oxygen atoms in total. The minimum atomic E-state index is 0.233. The molecule has 2 N–H and O–H groups in total. The Balaban J connectivity index is 1.63. The van der Waals surface area contributed by atoms with E-state index in [1.54, 1.807) is 0 Å². The van der Waals surface area contributed by atoms with E-state index in [4.69, 9.17) is 4.74 Å². The van der Waals surface area contributed by atoms with E-state index in [-0.39, 0.29) is 6.10 Å². The Morgan fingerprint density at radius 1 is 1.28 bits per heavy atom. The number of nitrogens with one attached hydrogen (secondary N) is 2. The zero-order valence-electron chi connectivity index (χ0n) is 16.2. The summed E-state index contributed by atoms with van der Waals surface area (Å²) >= 11 is 0. The number of guanidine groups is 1. The molecule has 1 aliphatic heterocycles. The molecule has 1 unspecified atom stereocenters. The van der Waals surface area contributed by atoms with E-state index < -0.39 is 0 Å². The quantitative estimate of drug-likeness (QED) is 0.452. The normalized spacial score (nSPS) is 19.2. The zero-order chi connectivity index (χ0) is 18.1. The molecule has 140 valence electrons. The van der Waals surface area contributed by atoms with Crippen LogP contribution in [0.1, 0.15) is 37.3 Å². The molecule has 1 aromatic rings. The third-order valence-corrected chi connectivity index (χ3v) is 4.64. The third kappa shape index (κ3) is 7.04. The summed E-state index contributed by atoms with van der Waals surface area (Å²) < 4.78 is 5.77. The van der Waals surface area contributed by atoms with Gasteiger partial charge in [-0.15, -0.1) is 0 Å². The number of hydrogen-bond donors (Lipinski definition) is 2. The molecule has 1 saturated heterocycles. The Morgan fingerprint density at radius 2 is 2.04 bits per heavy atom. The van der Waals surface area contributed by atoms with Crippen LogP contribution < -0.4 is 10.6 Å². The van der Waals surface area contributed by atoms with Gasteiger partial charge in [0.1, 0.15) is 0 Å². The molecule has 0 radical (unpaired) electrons. The smallest absolute Gasteiger partial charge is 0.191 e. The van der Waals surface area contributed by atoms with Gasteiger partial charge in [-0.05, 0) is 36.9 Å². The van der Waals surface area contributed by atoms with Crippen molar-refractivity contribution < 1.29 is 4.74 Å². The average Bonchev–Trinajstić information content (AvgIpc) is 2.61. The number of rotatable bonds is 7. The molecule has 2 rings (SSSR count). The van der Waals surface area contributed by atoms with E-state index in [1.807, 2.05) is 7.05 Å². The molecule has 1 aliphatic rings. The monoisotopic (exact) mass is 346 g/mol. The number of nitrogens with zero attached hydrogens (tertiary/aromatic N) is 2. The van der Waals surface area contributed by atoms with Gasteiger partial charge < -0.3 is 20.3 Å². The maximum Gasteiger partial charge on any atom is 0.191 e. The Labute approximate surface area is 152 Å². The van der Waals surface area contributed by atoms with Crippen molar-refractivity contribution in [2.75, 3.05) is 46.9 Å². The molecule has 1 fully saturated rings. The third-order valence-electron chi connectivity index (χ3n) is 4.64. The summed E-state index contributed by atoms with van der Waals surface area (Å²) in [6.45, 7) is 8.96. The van der Waals surface area contributed by atoms with E-state index in [2.05, 4.69) is 65.7 Å². The fourth-order valence-corrected chi connectivity index (χ4v) is 2.99. The van der Waals surface area contributed by atoms with Crippen molar-refractivity contribution in [1.82, 2.24) is 15.5 Å². The summed E-state index contributed by atoms with van der Waals surface area (Å²) in [5.41, 5.74) is 2.80. The molecular weight excluding hydrogens is 312 g/mol. The molecule has 1 heterocycles. The molecular formula is C20H34N4O. The first-order chi connectivity index (χ1) is 12.1. The van der Waals surface area contributed by atoms with Crippen LogP contribution in [0.3, 0.4) is 0 Å². The Kier molecular flexibility index (Phi) is 8.22. The molecule has 0 aliphatic carbocycles. The number of benzene rings is 1. The van der Waals surface area contributed by atoms with Gasteiger partial charge in [-0.3, -0.25) is 4.99 Å². The highest BCUT2D eigenvalue weighted by Gasteiger charge is 2.17. The summed E-state index contributed by atoms with van der Waals surface area (Å²) in [5.74, 6) is 1.45. The highest BCUT2D eigenvalue weighted by Crippen LogP contribution is 2.15. The lowest BCUT2D eigenvalue weighted by Gasteiger charge is -2.30. The lowest BCUT2D eigenvalue weighted by atomic mass is 10.0. The van der Waals surface area contributed by atoms with Crippen molar-refractivity contribution in [1.29, 1.82) is 0 Å². The van der Waals surface area contributed by atoms with Crippen molar-refractivity contribution in [3.05, 3.63) is 35.4 Å². The Hall–Kier alpha value is -1.59. The van der Waals surface area contributed by atoms with Crippen LogP contribution in [0.25, 0.3) is 0 Å². The van der Waals surface area contributed by atoms with Crippen LogP contribution in [0.5, 0.6) is 0 Å². The molecule has 0 aromatic heterocycles. The summed E-state index contributed by atoms with van der Waals surface area (Å²) in [6, 6.07) is 8.99. The summed E-state index contributed by atoms with van der Waals surface area (Å²) in [7, 11) is 3.95. The van der Waals surface area contributed by atoms with Crippen molar-refractivity contribution >= 4 is 5.96 Å². The van der Waals surface area contributed by atoms with Crippen molar-refractivity contribution in [3.8, 4) is 0 Å². The fraction of sp³-hybridized carbons (Fsp3) is 0.650. The largest absolute Gasteiger partial charge is 0.374 e. The number of aliphatic imine (C=N–C) groups is 1. The highest BCUT2D eigenvalue weighted by molar-refractivity contribution is 5.79. The summed E-state index contributed by atoms with van der Waals surface area (Å²) in [6.07, 6.45) is 2.40. The molecule has 25 heavy (non-hydrogen) atoms. The standard InChI is InChI=1S/C20H34N4O/c1-16(2)18-9-7-17(8-10-18)6-5-11-22-20(21-3)23-14-19-15-24(4)12-13-25-19/h7-10,16,19H,5-6,11-15H2,1-4H3,(H2,21,22,23). The van der Waals surface area contributed by atoms with E-state index >= 15 is 0 Å². The Morgan fingerprint density at radius 3 is 2.68 bits per heavy atom. The van der Waals surface area contributed by atoms with Gasteiger partial charge in [-0.1, -0.05) is 38.1 Å². The number of hydrogen-bond acceptors (Lipinski definition) is 3. The van der Waals surface area contributed by atoms with Crippen molar-refractivity contribution in [2.45, 2.75) is 38.7 Å². The second kappa shape index (κ2) is 10.4. The first-order valence-corrected chi connectivity index (χ1v) is 9.42. The maximum absolute atomic E-state index is 5.77. The van der Waals surface area contributed by atoms with Gasteiger partial charge in [-0.25, -0.2) is 0 Å². The van der Waals surface area contributed by atoms with E-state index in [9.17, 15) is 0 Å². The van der Waals surface area contributed by atoms with Crippen molar-refractivity contribution in [3.63, 3.8) is 0 Å². The van der Waals surface area contributed by atoms with Crippen LogP contribution in [0, 0.1) is 0 Å². The van der Waals surface area contributed by atoms with E-state index in [0.29, 0.717) is 5.92 Å². The van der Waals surface area contributed by atoms with Crippen LogP contribution in [0.4, 0.5) is 0 Å². The van der Waals surface area contributed by atoms with Crippen LogP contribution in [-0.2, 0) is 11.2 Å². The number of morpholine rings is 1. The van der Waals surface area contributed by atoms with Crippen LogP contribution in [0.2, 0.25) is 0 Å². The van der Waals surface area contributed by atoms with Gasteiger partial charge in [-0.2, -0.15) is 0 Å². The molecule has 0 saturated carbocycles. The van der Waals surface area contributed by atoms with Gasteiger partial charge in [0.05, 0.1) is 12.7 Å². The predicted octanol–water partition coefficient (Wildman–Crippen LogP) is 2.24. The zero-order valence-corrected chi connectivity index (χ0v) is 16.2. The lowest BCUT2D eigenvalue weighted by molar-refractivity contribution is -0.0161. The van der Waals surface area contributed by atoms with Gasteiger partial charge in [0, 0.05) is 33.2 Å². The van der Waals surface area contributed by atoms with Crippen LogP contribution in [-0.4, -0.2) is 63.8 Å². The highest BCUT2D eigenvalue weighted by atomic mass is 16.5. The summed E-state index contributed by atoms with van der Waals surface area (Å²) in [5, 5.41) is 6.76. The van der Waals surface area contributed by atoms with Gasteiger partial charge >= 0.3 is 0 Å². The SMILES string of the molecule is CN=C(NCCCc1ccc(C(C)C)cc1)NCC1CN(C)CCO1. The topological polar surface area (TPSA) is 48.9 Å². The van der Waals surface area contributed by atoms with Crippen molar-refractivity contribution in [2.24, 2.45) is 4.99 Å². The van der Waals surface area contributed by atoms with Crippen LogP contribution >= 0.6 is 0 Å². The number of likely N-dealkylation sites (N-methyl/N-ethyl adjacent to an activating group) is 1. The number of ether oxygens (including phenoxy) is 1. The van der Waals surface area contributed by atoms with Gasteiger partial charge in [0.15, 0.2) is 5.96 Å². The van der Waals surface area contributed by atoms with Crippen LogP contribution in [0.15, 0.2) is 29.3 Å². The lowest BCUT2D eigenvalue weighted by Crippen LogP contribution is -2.48. The molecule has 0 amide bonds. The number of aryl methyl sites for hydroxylation is 1. The minimum absolute atomic E-state index is 0.233. The van der Waals surface area contributed by atoms with Gasteiger partial charge in [0.25, 0.3) is 0 Å². The fourth-order valence-electron chi connectivity index (χ4n) is 2.99. The molecule has 5 heteroatoms. The van der Waals surface area contributed by atoms with E-state index in [1.165, 1.54) is 11.1 Å². The molecule has 0 bridgehead atoms. The first-order valence-electron chi connectivity index (χ1n) is 9.42. The van der Waals surface area contributed by atoms with E-state index in [0.717, 1.165) is 51.6 Å². The summed E-state index contributed by atoms with van der Waals surface area (Å²) in [4.78, 5) is 6.59. The first kappa shape index (κ1) is 19.7. The Bertz CT molecular complexity index is 527. The van der Waals surface area contributed by atoms with Gasteiger partial charge in [0.2, 0.25) is 0 Å². The molecule has 1 atom stereocenters. The molecule has 0 spiro atoms.